The normalized spacial score (nSPS) is 14.2. The molecule has 0 heterocycles. The first-order chi connectivity index (χ1) is 17.5. The number of rotatable bonds is 11. The number of hydrogen-bond donors (Lipinski definition) is 3. The van der Waals surface area contributed by atoms with Crippen molar-refractivity contribution in [2.75, 3.05) is 0 Å². The number of carbonyl (C=O) groups excluding carboxylic acids is 1. The second-order valence-corrected chi connectivity index (χ2v) is 12.5. The molecule has 0 spiro atoms. The van der Waals surface area contributed by atoms with Crippen molar-refractivity contribution in [1.29, 1.82) is 0 Å². The second kappa shape index (κ2) is 11.6. The third-order valence-electron chi connectivity index (χ3n) is 8.88. The number of benzene rings is 2. The number of carbonyl (C=O) groups is 2. The molecule has 0 aliphatic carbocycles. The van der Waals surface area contributed by atoms with E-state index in [9.17, 15) is 19.8 Å². The molecule has 0 bridgehead atoms. The van der Waals surface area contributed by atoms with Gasteiger partial charge in [-0.3, -0.25) is 4.79 Å². The topological polar surface area (TPSA) is 86.6 Å². The standard InChI is InChI=1S/C33H49NO4/c1-11-32(12-2,26-16-17-27(23(5)21-26)28(35)34-31(9,10)29(36)37)25-15-14-24(22(4)20-25)18-19-33(38,13-3)30(6,7)8/h14-17,20-21,38H,11-13,18-19H2,1-10H3,(H,34,35)(H,36,37). The van der Waals surface area contributed by atoms with Gasteiger partial charge in [-0.25, -0.2) is 4.79 Å². The molecule has 5 nitrogen and oxygen atoms in total. The highest BCUT2D eigenvalue weighted by molar-refractivity contribution is 5.98. The fourth-order valence-corrected chi connectivity index (χ4v) is 5.55. The Labute approximate surface area is 230 Å². The summed E-state index contributed by atoms with van der Waals surface area (Å²) < 4.78 is 0. The molecule has 0 aliphatic rings. The van der Waals surface area contributed by atoms with Gasteiger partial charge in [0.15, 0.2) is 0 Å². The van der Waals surface area contributed by atoms with E-state index in [1.807, 2.05) is 19.1 Å². The molecule has 38 heavy (non-hydrogen) atoms. The van der Waals surface area contributed by atoms with Crippen LogP contribution in [0.4, 0.5) is 0 Å². The summed E-state index contributed by atoms with van der Waals surface area (Å²) in [5.74, 6) is -1.46. The Hall–Kier alpha value is -2.66. The van der Waals surface area contributed by atoms with Crippen LogP contribution in [0.1, 0.15) is 119 Å². The lowest BCUT2D eigenvalue weighted by molar-refractivity contribution is -0.143. The number of amides is 1. The summed E-state index contributed by atoms with van der Waals surface area (Å²) in [6.45, 7) is 19.8. The smallest absolute Gasteiger partial charge is 0.328 e. The predicted octanol–water partition coefficient (Wildman–Crippen LogP) is 7.12. The lowest BCUT2D eigenvalue weighted by atomic mass is 9.69. The van der Waals surface area contributed by atoms with E-state index in [0.717, 1.165) is 43.2 Å². The molecule has 0 radical (unpaired) electrons. The first kappa shape index (κ1) is 31.6. The summed E-state index contributed by atoms with van der Waals surface area (Å²) in [6, 6.07) is 12.6. The summed E-state index contributed by atoms with van der Waals surface area (Å²) in [5, 5.41) is 23.2. The number of hydrogen-bond acceptors (Lipinski definition) is 3. The highest BCUT2D eigenvalue weighted by Gasteiger charge is 2.38. The van der Waals surface area contributed by atoms with Crippen molar-refractivity contribution in [3.05, 3.63) is 69.8 Å². The minimum Gasteiger partial charge on any atom is -0.480 e. The molecule has 2 aromatic rings. The molecule has 1 atom stereocenters. The Bertz CT molecular complexity index is 1150. The Morgan fingerprint density at radius 2 is 1.34 bits per heavy atom. The highest BCUT2D eigenvalue weighted by atomic mass is 16.4. The van der Waals surface area contributed by atoms with Crippen LogP contribution in [0.5, 0.6) is 0 Å². The van der Waals surface area contributed by atoms with Gasteiger partial charge in [-0.2, -0.15) is 0 Å². The number of carboxylic acid groups (broad SMARTS) is 1. The van der Waals surface area contributed by atoms with Crippen molar-refractivity contribution < 1.29 is 19.8 Å². The van der Waals surface area contributed by atoms with E-state index >= 15 is 0 Å². The van der Waals surface area contributed by atoms with Crippen LogP contribution in [0.2, 0.25) is 0 Å². The van der Waals surface area contributed by atoms with Gasteiger partial charge in [-0.15, -0.1) is 0 Å². The number of carboxylic acids is 1. The molecule has 0 fully saturated rings. The van der Waals surface area contributed by atoms with Gasteiger partial charge in [0, 0.05) is 11.0 Å². The maximum atomic E-state index is 12.9. The summed E-state index contributed by atoms with van der Waals surface area (Å²) in [6.07, 6.45) is 4.08. The highest BCUT2D eigenvalue weighted by Crippen LogP contribution is 2.41. The third kappa shape index (κ3) is 6.31. The maximum absolute atomic E-state index is 12.9. The first-order valence-electron chi connectivity index (χ1n) is 14.0. The molecule has 2 rings (SSSR count). The van der Waals surface area contributed by atoms with E-state index in [1.165, 1.54) is 30.5 Å². The van der Waals surface area contributed by atoms with E-state index in [4.69, 9.17) is 0 Å². The maximum Gasteiger partial charge on any atom is 0.328 e. The van der Waals surface area contributed by atoms with Crippen LogP contribution >= 0.6 is 0 Å². The van der Waals surface area contributed by atoms with Gasteiger partial charge in [0.2, 0.25) is 0 Å². The number of aliphatic carboxylic acids is 1. The molecule has 0 aliphatic heterocycles. The van der Waals surface area contributed by atoms with Crippen molar-refractivity contribution in [1.82, 2.24) is 5.32 Å². The molecule has 1 amide bonds. The van der Waals surface area contributed by atoms with Crippen LogP contribution in [0.3, 0.4) is 0 Å². The zero-order valence-corrected chi connectivity index (χ0v) is 25.2. The molecule has 0 saturated carbocycles. The van der Waals surface area contributed by atoms with Gasteiger partial charge in [-0.05, 0) is 99.1 Å². The fourth-order valence-electron chi connectivity index (χ4n) is 5.55. The van der Waals surface area contributed by atoms with Crippen LogP contribution in [0.15, 0.2) is 36.4 Å². The number of nitrogens with one attached hydrogen (secondary N) is 1. The van der Waals surface area contributed by atoms with Gasteiger partial charge >= 0.3 is 5.97 Å². The molecular weight excluding hydrogens is 474 g/mol. The summed E-state index contributed by atoms with van der Waals surface area (Å²) >= 11 is 0. The molecule has 1 unspecified atom stereocenters. The van der Waals surface area contributed by atoms with E-state index < -0.39 is 17.1 Å². The average Bonchev–Trinajstić information content (AvgIpc) is 2.83. The molecule has 2 aromatic carbocycles. The first-order valence-corrected chi connectivity index (χ1v) is 14.0. The predicted molar refractivity (Wildman–Crippen MR) is 156 cm³/mol. The minimum atomic E-state index is -1.35. The van der Waals surface area contributed by atoms with Crippen molar-refractivity contribution >= 4 is 11.9 Å². The Kier molecular flexibility index (Phi) is 9.64. The summed E-state index contributed by atoms with van der Waals surface area (Å²) in [5.41, 5.74) is 3.74. The van der Waals surface area contributed by atoms with Crippen LogP contribution in [0, 0.1) is 19.3 Å². The molecular formula is C33H49NO4. The molecule has 0 aromatic heterocycles. The largest absolute Gasteiger partial charge is 0.480 e. The SMILES string of the molecule is CCC(CC)(c1ccc(CCC(O)(CC)C(C)(C)C)c(C)c1)c1ccc(C(=O)NC(C)(C)C(=O)O)c(C)c1. The van der Waals surface area contributed by atoms with E-state index in [-0.39, 0.29) is 16.7 Å². The van der Waals surface area contributed by atoms with E-state index in [1.54, 1.807) is 0 Å². The van der Waals surface area contributed by atoms with E-state index in [2.05, 4.69) is 78.0 Å². The van der Waals surface area contributed by atoms with Gasteiger partial charge in [0.25, 0.3) is 5.91 Å². The van der Waals surface area contributed by atoms with Crippen LogP contribution in [-0.4, -0.2) is 33.2 Å². The molecule has 3 N–H and O–H groups in total. The van der Waals surface area contributed by atoms with Crippen molar-refractivity contribution in [3.63, 3.8) is 0 Å². The van der Waals surface area contributed by atoms with Crippen molar-refractivity contribution in [2.24, 2.45) is 5.41 Å². The van der Waals surface area contributed by atoms with Crippen molar-refractivity contribution in [3.8, 4) is 0 Å². The van der Waals surface area contributed by atoms with Crippen LogP contribution < -0.4 is 5.32 Å². The fraction of sp³-hybridized carbons (Fsp3) is 0.576. The Morgan fingerprint density at radius 3 is 1.76 bits per heavy atom. The molecule has 5 heteroatoms. The van der Waals surface area contributed by atoms with Gasteiger partial charge in [-0.1, -0.05) is 71.9 Å². The lowest BCUT2D eigenvalue weighted by Gasteiger charge is -2.40. The Morgan fingerprint density at radius 1 is 0.816 bits per heavy atom. The monoisotopic (exact) mass is 523 g/mol. The van der Waals surface area contributed by atoms with Gasteiger partial charge in [0.1, 0.15) is 5.54 Å². The zero-order chi connectivity index (χ0) is 29.1. The zero-order valence-electron chi connectivity index (χ0n) is 25.2. The minimum absolute atomic E-state index is 0.181. The Balaban J connectivity index is 2.41. The van der Waals surface area contributed by atoms with Gasteiger partial charge < -0.3 is 15.5 Å². The summed E-state index contributed by atoms with van der Waals surface area (Å²) in [7, 11) is 0. The third-order valence-corrected chi connectivity index (χ3v) is 8.88. The second-order valence-electron chi connectivity index (χ2n) is 12.5. The molecule has 210 valence electrons. The van der Waals surface area contributed by atoms with Crippen LogP contribution in [-0.2, 0) is 16.6 Å². The number of aryl methyl sites for hydroxylation is 3. The number of aliphatic hydroxyl groups is 1. The summed E-state index contributed by atoms with van der Waals surface area (Å²) in [4.78, 5) is 24.3. The van der Waals surface area contributed by atoms with Crippen LogP contribution in [0.25, 0.3) is 0 Å². The van der Waals surface area contributed by atoms with Gasteiger partial charge in [0.05, 0.1) is 5.60 Å². The van der Waals surface area contributed by atoms with E-state index in [0.29, 0.717) is 5.56 Å². The average molecular weight is 524 g/mol. The molecule has 0 saturated heterocycles. The quantitative estimate of drug-likeness (QED) is 0.293. The van der Waals surface area contributed by atoms with Crippen molar-refractivity contribution in [2.45, 2.75) is 118 Å². The lowest BCUT2D eigenvalue weighted by Crippen LogP contribution is -2.49.